The van der Waals surface area contributed by atoms with Gasteiger partial charge in [0.2, 0.25) is 0 Å². The van der Waals surface area contributed by atoms with Crippen LogP contribution in [0.5, 0.6) is 0 Å². The molecule has 0 N–H and O–H groups in total. The molecule has 12 aromatic carbocycles. The average Bonchev–Trinajstić information content (AvgIpc) is 4.30. The van der Waals surface area contributed by atoms with Gasteiger partial charge < -0.3 is 26.8 Å². The van der Waals surface area contributed by atoms with Crippen molar-refractivity contribution in [3.05, 3.63) is 231 Å². The van der Waals surface area contributed by atoms with Crippen molar-refractivity contribution in [2.75, 3.05) is 0 Å². The Morgan fingerprint density at radius 2 is 0.654 bits per heavy atom. The fraction of sp³-hybridized carbons (Fsp3) is 0. The number of para-hydroxylation sites is 6. The van der Waals surface area contributed by atoms with Crippen LogP contribution in [0.1, 0.15) is 0 Å². The third-order valence-electron chi connectivity index (χ3n) is 17.8. The fourth-order valence-electron chi connectivity index (χ4n) is 14.6. The summed E-state index contributed by atoms with van der Waals surface area (Å²) in [6.07, 6.45) is 0. The van der Waals surface area contributed by atoms with E-state index in [1.807, 2.05) is 6.07 Å². The molecule has 8 heterocycles. The highest BCUT2D eigenvalue weighted by Crippen LogP contribution is 2.50. The van der Waals surface area contributed by atoms with Gasteiger partial charge in [-0.25, -0.2) is 0 Å². The van der Waals surface area contributed by atoms with Crippen LogP contribution in [0.3, 0.4) is 0 Å². The van der Waals surface area contributed by atoms with Crippen molar-refractivity contribution in [2.24, 2.45) is 0 Å². The van der Waals surface area contributed by atoms with E-state index >= 15 is 0 Å². The van der Waals surface area contributed by atoms with E-state index in [1.54, 1.807) is 0 Å². The molecule has 78 heavy (non-hydrogen) atoms. The Bertz CT molecular complexity index is 6040. The normalized spacial score (nSPS) is 12.9. The van der Waals surface area contributed by atoms with Gasteiger partial charge >= 0.3 is 0 Å². The van der Waals surface area contributed by atoms with Gasteiger partial charge in [-0.1, -0.05) is 127 Å². The van der Waals surface area contributed by atoms with Gasteiger partial charge in [0.25, 0.3) is 0 Å². The summed E-state index contributed by atoms with van der Waals surface area (Å²) in [6.45, 7) is 0. The number of aromatic nitrogens is 4. The second-order valence-electron chi connectivity index (χ2n) is 21.5. The number of nitrogens with zero attached hydrogens (tertiary/aromatic N) is 4. The van der Waals surface area contributed by atoms with E-state index in [9.17, 15) is 0 Å². The molecule has 0 radical (unpaired) electrons. The summed E-state index contributed by atoms with van der Waals surface area (Å²) >= 11 is 0. The highest BCUT2D eigenvalue weighted by Gasteiger charge is 2.28. The van der Waals surface area contributed by atoms with E-state index in [0.29, 0.717) is 0 Å². The van der Waals surface area contributed by atoms with Gasteiger partial charge in [0, 0.05) is 97.6 Å². The standard InChI is InChI=1S/C72H38N4O2/c1-2-14-41(15-3-1)73-56-22-10-6-19-46(56)68-61(73)35-52-43-16-4-9-21-55(43)75-60-34-51-49-32-40(28-31-64(49)78-66(51)38-54(60)70(68)71(52)75)39-26-29-42(30-27-39)74-57-23-11-5-18-45(57)67-62(74)36-53-48-37-65-50(44-17-8-13-25-63(44)77-65)33-59(48)76-58-24-12-7-20-47(58)69(67)72(53)76/h1-38H. The molecule has 0 unspecified atom stereocenters. The Balaban J connectivity index is 0.783. The van der Waals surface area contributed by atoms with Gasteiger partial charge in [0.05, 0.1) is 55.2 Å². The maximum Gasteiger partial charge on any atom is 0.136 e. The molecule has 0 saturated carbocycles. The van der Waals surface area contributed by atoms with Gasteiger partial charge in [-0.2, -0.15) is 0 Å². The molecule has 20 rings (SSSR count). The van der Waals surface area contributed by atoms with Crippen LogP contribution in [0, 0.1) is 0 Å². The molecule has 0 aliphatic heterocycles. The molecule has 0 fully saturated rings. The van der Waals surface area contributed by atoms with E-state index < -0.39 is 0 Å². The van der Waals surface area contributed by atoms with Crippen LogP contribution in [0.2, 0.25) is 0 Å². The monoisotopic (exact) mass is 990 g/mol. The Morgan fingerprint density at radius 1 is 0.218 bits per heavy atom. The summed E-state index contributed by atoms with van der Waals surface area (Å²) in [6, 6.07) is 84.7. The van der Waals surface area contributed by atoms with E-state index in [1.165, 1.54) is 120 Å². The first-order valence-electron chi connectivity index (χ1n) is 26.8. The molecule has 6 heteroatoms. The highest BCUT2D eigenvalue weighted by atomic mass is 16.3. The van der Waals surface area contributed by atoms with E-state index in [4.69, 9.17) is 8.83 Å². The molecule has 0 atom stereocenters. The molecule has 20 aromatic rings. The molecular weight excluding hydrogens is 953 g/mol. The summed E-state index contributed by atoms with van der Waals surface area (Å²) in [4.78, 5) is 0. The Morgan fingerprint density at radius 3 is 1.32 bits per heavy atom. The smallest absolute Gasteiger partial charge is 0.136 e. The summed E-state index contributed by atoms with van der Waals surface area (Å²) < 4.78 is 23.3. The highest BCUT2D eigenvalue weighted by molar-refractivity contribution is 6.38. The van der Waals surface area contributed by atoms with Gasteiger partial charge in [-0.05, 0) is 114 Å². The lowest BCUT2D eigenvalue weighted by Gasteiger charge is -2.10. The number of hydrogen-bond acceptors (Lipinski definition) is 2. The maximum atomic E-state index is 6.86. The minimum Gasteiger partial charge on any atom is -0.456 e. The molecule has 0 saturated heterocycles. The molecule has 6 nitrogen and oxygen atoms in total. The van der Waals surface area contributed by atoms with Crippen molar-refractivity contribution in [1.82, 2.24) is 17.9 Å². The zero-order chi connectivity index (χ0) is 50.2. The number of benzene rings is 12. The van der Waals surface area contributed by atoms with Crippen LogP contribution in [0.25, 0.3) is 186 Å². The lowest BCUT2D eigenvalue weighted by molar-refractivity contribution is 0.669. The number of fused-ring (bicyclic) bond motifs is 26. The summed E-state index contributed by atoms with van der Waals surface area (Å²) in [5, 5.41) is 19.4. The predicted molar refractivity (Wildman–Crippen MR) is 324 cm³/mol. The van der Waals surface area contributed by atoms with E-state index in [-0.39, 0.29) is 0 Å². The topological polar surface area (TPSA) is 45.0 Å². The van der Waals surface area contributed by atoms with Gasteiger partial charge in [-0.15, -0.1) is 0 Å². The van der Waals surface area contributed by atoms with E-state index in [0.717, 1.165) is 66.4 Å². The Hall–Kier alpha value is -10.6. The molecular formula is C72H38N4O2. The van der Waals surface area contributed by atoms with Gasteiger partial charge in [0.15, 0.2) is 0 Å². The van der Waals surface area contributed by atoms with Gasteiger partial charge in [-0.3, -0.25) is 0 Å². The van der Waals surface area contributed by atoms with Crippen molar-refractivity contribution in [2.45, 2.75) is 0 Å². The zero-order valence-electron chi connectivity index (χ0n) is 41.5. The quantitative estimate of drug-likeness (QED) is 0.177. The lowest BCUT2D eigenvalue weighted by atomic mass is 10.00. The van der Waals surface area contributed by atoms with Gasteiger partial charge in [0.1, 0.15) is 22.3 Å². The van der Waals surface area contributed by atoms with Crippen LogP contribution in [-0.4, -0.2) is 17.9 Å². The first kappa shape index (κ1) is 39.8. The number of hydrogen-bond donors (Lipinski definition) is 0. The van der Waals surface area contributed by atoms with Crippen LogP contribution in [0.15, 0.2) is 239 Å². The predicted octanol–water partition coefficient (Wildman–Crippen LogP) is 19.6. The van der Waals surface area contributed by atoms with Crippen molar-refractivity contribution >= 4 is 164 Å². The minimum atomic E-state index is 0.879. The van der Waals surface area contributed by atoms with Crippen LogP contribution in [-0.2, 0) is 0 Å². The SMILES string of the molecule is c1ccc(-n2c3ccccc3c3c4c5cc6oc7ccc(-c8ccc(-n9c%10ccccc%10c%10c%11c%12ccccc%12n%12c%13cc%14c(cc%13c(cc%109)c%11%12)oc9ccccc9%14)cc8)cc7c6cc5n5c6ccccc6c(cc32)c45)cc1. The number of rotatable bonds is 3. The second-order valence-corrected chi connectivity index (χ2v) is 21.5. The maximum absolute atomic E-state index is 6.86. The second kappa shape index (κ2) is 13.8. The largest absolute Gasteiger partial charge is 0.456 e. The average molecular weight is 991 g/mol. The molecule has 0 aliphatic rings. The van der Waals surface area contributed by atoms with Crippen LogP contribution in [0.4, 0.5) is 0 Å². The molecule has 0 spiro atoms. The first-order valence-corrected chi connectivity index (χ1v) is 26.8. The zero-order valence-corrected chi connectivity index (χ0v) is 41.5. The lowest BCUT2D eigenvalue weighted by Crippen LogP contribution is -1.93. The summed E-state index contributed by atoms with van der Waals surface area (Å²) in [5.41, 5.74) is 20.2. The summed E-state index contributed by atoms with van der Waals surface area (Å²) in [7, 11) is 0. The Labute approximate surface area is 441 Å². The van der Waals surface area contributed by atoms with E-state index in [2.05, 4.69) is 242 Å². The van der Waals surface area contributed by atoms with Crippen LogP contribution >= 0.6 is 0 Å². The van der Waals surface area contributed by atoms with Crippen molar-refractivity contribution in [3.63, 3.8) is 0 Å². The molecule has 8 aromatic heterocycles. The van der Waals surface area contributed by atoms with Crippen molar-refractivity contribution in [3.8, 4) is 22.5 Å². The summed E-state index contributed by atoms with van der Waals surface area (Å²) in [5.74, 6) is 0. The third kappa shape index (κ3) is 4.74. The van der Waals surface area contributed by atoms with Crippen LogP contribution < -0.4 is 0 Å². The van der Waals surface area contributed by atoms with Crippen molar-refractivity contribution in [1.29, 1.82) is 0 Å². The number of furan rings is 2. The molecule has 0 aliphatic carbocycles. The molecule has 0 amide bonds. The van der Waals surface area contributed by atoms with Crippen molar-refractivity contribution < 1.29 is 8.83 Å². The third-order valence-corrected chi connectivity index (χ3v) is 17.8. The molecule has 358 valence electrons. The first-order chi connectivity index (χ1) is 38.7. The fourth-order valence-corrected chi connectivity index (χ4v) is 14.6. The molecule has 0 bridgehead atoms. The minimum absolute atomic E-state index is 0.879. The Kier molecular flexibility index (Phi) is 7.06.